The molecule has 0 spiro atoms. The van der Waals surface area contributed by atoms with Crippen molar-refractivity contribution in [1.82, 2.24) is 10.1 Å². The summed E-state index contributed by atoms with van der Waals surface area (Å²) >= 11 is 3.42. The van der Waals surface area contributed by atoms with E-state index in [-0.39, 0.29) is 5.69 Å². The summed E-state index contributed by atoms with van der Waals surface area (Å²) in [5.41, 5.74) is 1.47. The molecule has 0 N–H and O–H groups in total. The van der Waals surface area contributed by atoms with E-state index in [1.165, 1.54) is 12.1 Å². The number of hydrogen-bond donors (Lipinski definition) is 0. The first-order valence-electron chi connectivity index (χ1n) is 5.98. The van der Waals surface area contributed by atoms with Crippen LogP contribution in [0, 0.1) is 10.1 Å². The van der Waals surface area contributed by atoms with Crippen LogP contribution in [0.2, 0.25) is 0 Å². The molecule has 0 aliphatic heterocycles. The van der Waals surface area contributed by atoms with Gasteiger partial charge in [0.2, 0.25) is 5.82 Å². The van der Waals surface area contributed by atoms with Gasteiger partial charge >= 0.3 is 0 Å². The molecule has 0 bridgehead atoms. The number of aromatic nitrogens is 2. The Morgan fingerprint density at radius 1 is 1.10 bits per heavy atom. The molecule has 0 amide bonds. The van der Waals surface area contributed by atoms with Gasteiger partial charge in [0.05, 0.1) is 10.5 Å². The third kappa shape index (κ3) is 2.68. The number of halogens is 1. The fourth-order valence-electron chi connectivity index (χ4n) is 1.82. The SMILES string of the molecule is O=[N+]([O-])c1ccc(-c2noc(-c3ccccc3Br)n2)cc1. The topological polar surface area (TPSA) is 82.1 Å². The maximum atomic E-state index is 10.6. The number of nitro groups is 1. The van der Waals surface area contributed by atoms with E-state index in [1.54, 1.807) is 12.1 Å². The maximum Gasteiger partial charge on any atom is 0.269 e. The van der Waals surface area contributed by atoms with E-state index in [2.05, 4.69) is 26.1 Å². The van der Waals surface area contributed by atoms with Gasteiger partial charge in [-0.2, -0.15) is 4.98 Å². The second kappa shape index (κ2) is 5.45. The summed E-state index contributed by atoms with van der Waals surface area (Å²) in [7, 11) is 0. The molecule has 0 atom stereocenters. The smallest absolute Gasteiger partial charge is 0.269 e. The van der Waals surface area contributed by atoms with Crippen LogP contribution in [-0.4, -0.2) is 15.1 Å². The van der Waals surface area contributed by atoms with Gasteiger partial charge in [-0.25, -0.2) is 0 Å². The Morgan fingerprint density at radius 2 is 1.81 bits per heavy atom. The van der Waals surface area contributed by atoms with E-state index < -0.39 is 4.92 Å². The van der Waals surface area contributed by atoms with Crippen LogP contribution in [-0.2, 0) is 0 Å². The summed E-state index contributed by atoms with van der Waals surface area (Å²) in [6.07, 6.45) is 0. The van der Waals surface area contributed by atoms with Crippen molar-refractivity contribution in [3.8, 4) is 22.8 Å². The van der Waals surface area contributed by atoms with Gasteiger partial charge in [-0.15, -0.1) is 0 Å². The first kappa shape index (κ1) is 13.4. The predicted octanol–water partition coefficient (Wildman–Crippen LogP) is 4.07. The second-order valence-electron chi connectivity index (χ2n) is 4.21. The monoisotopic (exact) mass is 345 g/mol. The molecule has 0 unspecified atom stereocenters. The third-order valence-corrected chi connectivity index (χ3v) is 3.56. The molecule has 0 saturated carbocycles. The average molecular weight is 346 g/mol. The molecular formula is C14H8BrN3O3. The van der Waals surface area contributed by atoms with Crippen LogP contribution in [0.25, 0.3) is 22.8 Å². The van der Waals surface area contributed by atoms with E-state index >= 15 is 0 Å². The lowest BCUT2D eigenvalue weighted by molar-refractivity contribution is -0.384. The lowest BCUT2D eigenvalue weighted by atomic mass is 10.2. The molecule has 7 heteroatoms. The second-order valence-corrected chi connectivity index (χ2v) is 5.06. The Kier molecular flexibility index (Phi) is 3.49. The first-order chi connectivity index (χ1) is 10.1. The van der Waals surface area contributed by atoms with Gasteiger partial charge in [0.15, 0.2) is 0 Å². The largest absolute Gasteiger partial charge is 0.334 e. The molecule has 0 fully saturated rings. The fourth-order valence-corrected chi connectivity index (χ4v) is 2.27. The van der Waals surface area contributed by atoms with Crippen LogP contribution in [0.4, 0.5) is 5.69 Å². The molecule has 0 radical (unpaired) electrons. The van der Waals surface area contributed by atoms with Gasteiger partial charge in [-0.3, -0.25) is 10.1 Å². The predicted molar refractivity (Wildman–Crippen MR) is 79.5 cm³/mol. The molecule has 0 aliphatic carbocycles. The highest BCUT2D eigenvalue weighted by atomic mass is 79.9. The van der Waals surface area contributed by atoms with Gasteiger partial charge in [-0.1, -0.05) is 17.3 Å². The summed E-state index contributed by atoms with van der Waals surface area (Å²) in [5.74, 6) is 0.770. The normalized spacial score (nSPS) is 10.5. The number of benzene rings is 2. The minimum atomic E-state index is -0.452. The highest BCUT2D eigenvalue weighted by molar-refractivity contribution is 9.10. The van der Waals surface area contributed by atoms with Crippen molar-refractivity contribution in [2.24, 2.45) is 0 Å². The Hall–Kier alpha value is -2.54. The molecule has 0 saturated heterocycles. The van der Waals surface area contributed by atoms with Crippen molar-refractivity contribution >= 4 is 21.6 Å². The highest BCUT2D eigenvalue weighted by Gasteiger charge is 2.13. The quantitative estimate of drug-likeness (QED) is 0.527. The fraction of sp³-hybridized carbons (Fsp3) is 0. The number of non-ortho nitro benzene ring substituents is 1. The Morgan fingerprint density at radius 3 is 2.48 bits per heavy atom. The van der Waals surface area contributed by atoms with Gasteiger partial charge in [0.1, 0.15) is 0 Å². The van der Waals surface area contributed by atoms with Gasteiger partial charge in [0, 0.05) is 22.2 Å². The van der Waals surface area contributed by atoms with E-state index in [1.807, 2.05) is 24.3 Å². The molecule has 0 aliphatic rings. The summed E-state index contributed by atoms with van der Waals surface area (Å²) in [6.45, 7) is 0. The number of hydrogen-bond acceptors (Lipinski definition) is 5. The third-order valence-electron chi connectivity index (χ3n) is 2.87. The summed E-state index contributed by atoms with van der Waals surface area (Å²) < 4.78 is 6.09. The van der Waals surface area contributed by atoms with Crippen LogP contribution >= 0.6 is 15.9 Å². The molecule has 3 aromatic rings. The van der Waals surface area contributed by atoms with E-state index in [9.17, 15) is 10.1 Å². The molecular weight excluding hydrogens is 338 g/mol. The first-order valence-corrected chi connectivity index (χ1v) is 6.78. The minimum absolute atomic E-state index is 0.0215. The Labute approximate surface area is 127 Å². The number of nitrogens with zero attached hydrogens (tertiary/aromatic N) is 3. The zero-order valence-corrected chi connectivity index (χ0v) is 12.1. The molecule has 104 valence electrons. The molecule has 1 aromatic heterocycles. The van der Waals surface area contributed by atoms with Crippen LogP contribution in [0.1, 0.15) is 0 Å². The lowest BCUT2D eigenvalue weighted by Gasteiger charge is -1.96. The zero-order valence-electron chi connectivity index (χ0n) is 10.6. The minimum Gasteiger partial charge on any atom is -0.334 e. The van der Waals surface area contributed by atoms with Crippen molar-refractivity contribution in [1.29, 1.82) is 0 Å². The van der Waals surface area contributed by atoms with Crippen molar-refractivity contribution in [2.45, 2.75) is 0 Å². The Bertz CT molecular complexity index is 799. The van der Waals surface area contributed by atoms with Crippen LogP contribution in [0.5, 0.6) is 0 Å². The maximum absolute atomic E-state index is 10.6. The molecule has 21 heavy (non-hydrogen) atoms. The lowest BCUT2D eigenvalue weighted by Crippen LogP contribution is -1.88. The molecule has 2 aromatic carbocycles. The van der Waals surface area contributed by atoms with E-state index in [0.717, 1.165) is 10.0 Å². The van der Waals surface area contributed by atoms with Crippen molar-refractivity contribution in [3.63, 3.8) is 0 Å². The summed E-state index contributed by atoms with van der Waals surface area (Å²) in [4.78, 5) is 14.5. The number of nitro benzene ring substituents is 1. The van der Waals surface area contributed by atoms with E-state index in [0.29, 0.717) is 17.3 Å². The highest BCUT2D eigenvalue weighted by Crippen LogP contribution is 2.28. The van der Waals surface area contributed by atoms with Crippen LogP contribution in [0.3, 0.4) is 0 Å². The van der Waals surface area contributed by atoms with Crippen molar-refractivity contribution in [2.75, 3.05) is 0 Å². The average Bonchev–Trinajstić information content (AvgIpc) is 2.97. The molecule has 6 nitrogen and oxygen atoms in total. The van der Waals surface area contributed by atoms with E-state index in [4.69, 9.17) is 4.52 Å². The van der Waals surface area contributed by atoms with Crippen LogP contribution in [0.15, 0.2) is 57.5 Å². The van der Waals surface area contributed by atoms with Crippen LogP contribution < -0.4 is 0 Å². The molecule has 3 rings (SSSR count). The number of rotatable bonds is 3. The Balaban J connectivity index is 1.95. The van der Waals surface area contributed by atoms with Crippen molar-refractivity contribution < 1.29 is 9.45 Å². The van der Waals surface area contributed by atoms with Gasteiger partial charge in [-0.05, 0) is 40.2 Å². The molecule has 1 heterocycles. The standard InChI is InChI=1S/C14H8BrN3O3/c15-12-4-2-1-3-11(12)14-16-13(17-21-14)9-5-7-10(8-6-9)18(19)20/h1-8H. The van der Waals surface area contributed by atoms with Crippen molar-refractivity contribution in [3.05, 3.63) is 63.1 Å². The van der Waals surface area contributed by atoms with Gasteiger partial charge in [0.25, 0.3) is 11.6 Å². The summed E-state index contributed by atoms with van der Waals surface area (Å²) in [6, 6.07) is 13.5. The zero-order chi connectivity index (χ0) is 14.8. The summed E-state index contributed by atoms with van der Waals surface area (Å²) in [5, 5.41) is 14.5. The van der Waals surface area contributed by atoms with Gasteiger partial charge < -0.3 is 4.52 Å².